The Bertz CT molecular complexity index is 523. The normalized spacial score (nSPS) is 10.2. The molecule has 16 heavy (non-hydrogen) atoms. The fraction of sp³-hybridized carbons (Fsp3) is 0. The van der Waals surface area contributed by atoms with E-state index in [0.29, 0.717) is 26.1 Å². The molecular formula is C9H6ClIN4O. The molecule has 0 bridgehead atoms. The van der Waals surface area contributed by atoms with Crippen LogP contribution in [0.4, 0.5) is 5.82 Å². The Morgan fingerprint density at radius 3 is 2.88 bits per heavy atom. The first-order valence-electron chi connectivity index (χ1n) is 4.26. The summed E-state index contributed by atoms with van der Waals surface area (Å²) >= 11 is 7.96. The maximum absolute atomic E-state index is 8.81. The highest BCUT2D eigenvalue weighted by Gasteiger charge is 2.09. The number of hydrogen-bond acceptors (Lipinski definition) is 5. The predicted molar refractivity (Wildman–Crippen MR) is 68.4 cm³/mol. The molecule has 0 aliphatic rings. The first-order chi connectivity index (χ1) is 7.70. The second kappa shape index (κ2) is 4.89. The molecule has 0 saturated heterocycles. The maximum Gasteiger partial charge on any atom is 0.165 e. The molecule has 2 rings (SSSR count). The summed E-state index contributed by atoms with van der Waals surface area (Å²) in [5, 5.41) is 9.14. The van der Waals surface area contributed by atoms with Gasteiger partial charge < -0.3 is 0 Å². The molecule has 0 spiro atoms. The molecule has 2 heterocycles. The number of aromatic nitrogens is 3. The Morgan fingerprint density at radius 1 is 1.38 bits per heavy atom. The molecular weight excluding hydrogens is 342 g/mol. The van der Waals surface area contributed by atoms with Crippen molar-refractivity contribution in [3.8, 4) is 11.4 Å². The Kier molecular flexibility index (Phi) is 3.52. The van der Waals surface area contributed by atoms with Crippen LogP contribution < -0.4 is 5.48 Å². The van der Waals surface area contributed by atoms with E-state index in [9.17, 15) is 0 Å². The summed E-state index contributed by atoms with van der Waals surface area (Å²) in [5.41, 5.74) is 2.60. The zero-order valence-corrected chi connectivity index (χ0v) is 10.8. The predicted octanol–water partition coefficient (Wildman–Crippen LogP) is 2.60. The standard InChI is InChI=1S/C9H6ClIN4O/c10-8-5(2-1-3-12-8)9-13-6(11)4-7(14-9)15-16/h1-4,16H,(H,13,14,15). The molecule has 5 nitrogen and oxygen atoms in total. The third kappa shape index (κ3) is 2.39. The summed E-state index contributed by atoms with van der Waals surface area (Å²) in [6.07, 6.45) is 1.59. The van der Waals surface area contributed by atoms with Crippen molar-refractivity contribution in [1.29, 1.82) is 0 Å². The summed E-state index contributed by atoms with van der Waals surface area (Å²) in [7, 11) is 0. The highest BCUT2D eigenvalue weighted by Crippen LogP contribution is 2.24. The lowest BCUT2D eigenvalue weighted by Crippen LogP contribution is -1.99. The van der Waals surface area contributed by atoms with Crippen LogP contribution in [0.25, 0.3) is 11.4 Å². The van der Waals surface area contributed by atoms with E-state index in [-0.39, 0.29) is 0 Å². The quantitative estimate of drug-likeness (QED) is 0.378. The highest BCUT2D eigenvalue weighted by molar-refractivity contribution is 14.1. The number of hydrogen-bond donors (Lipinski definition) is 2. The van der Waals surface area contributed by atoms with Crippen molar-refractivity contribution in [1.82, 2.24) is 15.0 Å². The number of halogens is 2. The minimum absolute atomic E-state index is 0.314. The second-order valence-electron chi connectivity index (χ2n) is 2.85. The molecule has 0 aromatic carbocycles. The van der Waals surface area contributed by atoms with Crippen molar-refractivity contribution in [2.45, 2.75) is 0 Å². The van der Waals surface area contributed by atoms with Gasteiger partial charge in [0.1, 0.15) is 8.85 Å². The van der Waals surface area contributed by atoms with Gasteiger partial charge in [0.2, 0.25) is 0 Å². The minimum Gasteiger partial charge on any atom is -0.290 e. The van der Waals surface area contributed by atoms with Crippen molar-refractivity contribution in [3.63, 3.8) is 0 Å². The van der Waals surface area contributed by atoms with Crippen molar-refractivity contribution in [2.75, 3.05) is 5.48 Å². The molecule has 0 saturated carbocycles. The summed E-state index contributed by atoms with van der Waals surface area (Å²) in [5.74, 6) is 0.732. The van der Waals surface area contributed by atoms with Gasteiger partial charge in [-0.3, -0.25) is 10.7 Å². The van der Waals surface area contributed by atoms with E-state index in [1.807, 2.05) is 28.1 Å². The first-order valence-corrected chi connectivity index (χ1v) is 5.72. The van der Waals surface area contributed by atoms with Crippen molar-refractivity contribution in [3.05, 3.63) is 33.2 Å². The molecule has 0 amide bonds. The highest BCUT2D eigenvalue weighted by atomic mass is 127. The number of nitrogens with one attached hydrogen (secondary N) is 1. The average molecular weight is 349 g/mol. The molecule has 0 aliphatic carbocycles. The van der Waals surface area contributed by atoms with Crippen LogP contribution in [-0.2, 0) is 0 Å². The largest absolute Gasteiger partial charge is 0.290 e. The number of rotatable bonds is 2. The van der Waals surface area contributed by atoms with Gasteiger partial charge in [0, 0.05) is 12.3 Å². The Morgan fingerprint density at radius 2 is 2.19 bits per heavy atom. The van der Waals surface area contributed by atoms with Gasteiger partial charge in [-0.1, -0.05) is 11.6 Å². The average Bonchev–Trinajstić information content (AvgIpc) is 2.28. The molecule has 82 valence electrons. The number of anilines is 1. The van der Waals surface area contributed by atoms with Gasteiger partial charge in [0.15, 0.2) is 11.6 Å². The van der Waals surface area contributed by atoms with Gasteiger partial charge in [-0.25, -0.2) is 15.0 Å². The Balaban J connectivity index is 2.56. The van der Waals surface area contributed by atoms with Gasteiger partial charge in [-0.15, -0.1) is 0 Å². The van der Waals surface area contributed by atoms with Crippen LogP contribution in [0.5, 0.6) is 0 Å². The number of nitrogens with zero attached hydrogens (tertiary/aromatic N) is 3. The molecule has 0 fully saturated rings. The third-order valence-electron chi connectivity index (χ3n) is 1.81. The number of pyridine rings is 1. The lowest BCUT2D eigenvalue weighted by atomic mass is 10.2. The van der Waals surface area contributed by atoms with E-state index >= 15 is 0 Å². The van der Waals surface area contributed by atoms with Crippen LogP contribution in [0.2, 0.25) is 5.15 Å². The first kappa shape index (κ1) is 11.5. The molecule has 0 radical (unpaired) electrons. The molecule has 2 aromatic rings. The van der Waals surface area contributed by atoms with Crippen molar-refractivity contribution >= 4 is 40.0 Å². The summed E-state index contributed by atoms with van der Waals surface area (Å²) < 4.78 is 0.694. The molecule has 0 aliphatic heterocycles. The van der Waals surface area contributed by atoms with Crippen LogP contribution in [0, 0.1) is 3.70 Å². The van der Waals surface area contributed by atoms with Crippen LogP contribution in [0.15, 0.2) is 24.4 Å². The summed E-state index contributed by atoms with van der Waals surface area (Å²) in [4.78, 5) is 12.2. The second-order valence-corrected chi connectivity index (χ2v) is 4.32. The molecule has 0 atom stereocenters. The van der Waals surface area contributed by atoms with E-state index in [1.165, 1.54) is 0 Å². The molecule has 2 N–H and O–H groups in total. The monoisotopic (exact) mass is 348 g/mol. The van der Waals surface area contributed by atoms with E-state index in [2.05, 4.69) is 15.0 Å². The van der Waals surface area contributed by atoms with Crippen molar-refractivity contribution < 1.29 is 5.21 Å². The maximum atomic E-state index is 8.81. The van der Waals surface area contributed by atoms with Gasteiger partial charge in [-0.2, -0.15) is 0 Å². The van der Waals surface area contributed by atoms with Gasteiger partial charge in [0.05, 0.1) is 5.56 Å². The zero-order chi connectivity index (χ0) is 11.5. The fourth-order valence-electron chi connectivity index (χ4n) is 1.15. The van der Waals surface area contributed by atoms with E-state index in [1.54, 1.807) is 24.4 Å². The molecule has 2 aromatic heterocycles. The van der Waals surface area contributed by atoms with E-state index < -0.39 is 0 Å². The molecule has 7 heteroatoms. The summed E-state index contributed by atoms with van der Waals surface area (Å²) in [6.45, 7) is 0. The van der Waals surface area contributed by atoms with Gasteiger partial charge >= 0.3 is 0 Å². The molecule has 0 unspecified atom stereocenters. The third-order valence-corrected chi connectivity index (χ3v) is 2.66. The Labute approximate surface area is 110 Å². The fourth-order valence-corrected chi connectivity index (χ4v) is 1.88. The van der Waals surface area contributed by atoms with Crippen LogP contribution >= 0.6 is 34.2 Å². The topological polar surface area (TPSA) is 70.9 Å². The smallest absolute Gasteiger partial charge is 0.165 e. The lowest BCUT2D eigenvalue weighted by Gasteiger charge is -2.04. The van der Waals surface area contributed by atoms with Crippen LogP contribution in [0.3, 0.4) is 0 Å². The van der Waals surface area contributed by atoms with Gasteiger partial charge in [0.25, 0.3) is 0 Å². The zero-order valence-electron chi connectivity index (χ0n) is 7.85. The minimum atomic E-state index is 0.314. The van der Waals surface area contributed by atoms with E-state index in [0.717, 1.165) is 0 Å². The SMILES string of the molecule is ONc1cc(I)nc(-c2cccnc2Cl)n1. The summed E-state index contributed by atoms with van der Waals surface area (Å²) in [6, 6.07) is 5.12. The lowest BCUT2D eigenvalue weighted by molar-refractivity contribution is 0.386. The van der Waals surface area contributed by atoms with Crippen LogP contribution in [0.1, 0.15) is 0 Å². The van der Waals surface area contributed by atoms with Crippen molar-refractivity contribution in [2.24, 2.45) is 0 Å². The van der Waals surface area contributed by atoms with Gasteiger partial charge in [-0.05, 0) is 34.7 Å². The Hall–Kier alpha value is -0.990. The van der Waals surface area contributed by atoms with E-state index in [4.69, 9.17) is 16.8 Å². The van der Waals surface area contributed by atoms with Crippen LogP contribution in [-0.4, -0.2) is 20.2 Å².